The Morgan fingerprint density at radius 2 is 1.93 bits per heavy atom. The fourth-order valence-corrected chi connectivity index (χ4v) is 4.22. The lowest BCUT2D eigenvalue weighted by Crippen LogP contribution is -2.56. The number of hydrogen-bond acceptors (Lipinski definition) is 2. The highest BCUT2D eigenvalue weighted by atomic mass is 35.5. The minimum Gasteiger partial charge on any atom is -0.358 e. The summed E-state index contributed by atoms with van der Waals surface area (Å²) in [5, 5.41) is 4.23. The molecule has 2 aromatic rings. The van der Waals surface area contributed by atoms with Gasteiger partial charge in [0.1, 0.15) is 11.4 Å². The first-order valence-electron chi connectivity index (χ1n) is 8.99. The zero-order valence-corrected chi connectivity index (χ0v) is 16.7. The number of ketones is 1. The quantitative estimate of drug-likeness (QED) is 0.740. The van der Waals surface area contributed by atoms with Crippen molar-refractivity contribution in [3.05, 3.63) is 70.5 Å². The molecule has 6 heteroatoms. The van der Waals surface area contributed by atoms with Gasteiger partial charge >= 0.3 is 0 Å². The molecule has 0 bridgehead atoms. The maximum absolute atomic E-state index is 13.1. The monoisotopic (exact) mass is 404 g/mol. The summed E-state index contributed by atoms with van der Waals surface area (Å²) < 4.78 is 13.1. The lowest BCUT2D eigenvalue weighted by atomic mass is 9.74. The molecule has 3 rings (SSSR count). The van der Waals surface area contributed by atoms with E-state index in [-0.39, 0.29) is 11.6 Å². The van der Waals surface area contributed by atoms with Gasteiger partial charge in [0.05, 0.1) is 0 Å². The molecular formula is C21H22ClFN2OS. The smallest absolute Gasteiger partial charge is 0.170 e. The van der Waals surface area contributed by atoms with Crippen molar-refractivity contribution in [2.24, 2.45) is 0 Å². The van der Waals surface area contributed by atoms with Gasteiger partial charge in [0.2, 0.25) is 0 Å². The van der Waals surface area contributed by atoms with Crippen LogP contribution in [0.1, 0.15) is 36.8 Å². The molecule has 0 radical (unpaired) electrons. The van der Waals surface area contributed by atoms with E-state index in [0.717, 1.165) is 24.0 Å². The van der Waals surface area contributed by atoms with Gasteiger partial charge in [0.25, 0.3) is 0 Å². The number of carbonyl (C=O) groups excluding carboxylic acids is 1. The number of nitrogens with zero attached hydrogens (tertiary/aromatic N) is 1. The third-order valence-corrected chi connectivity index (χ3v) is 5.96. The van der Waals surface area contributed by atoms with Gasteiger partial charge in [-0.15, -0.1) is 0 Å². The second kappa shape index (κ2) is 8.36. The van der Waals surface area contributed by atoms with Crippen LogP contribution in [0.4, 0.5) is 4.39 Å². The number of hydrogen-bond donors (Lipinski definition) is 1. The van der Waals surface area contributed by atoms with Crippen LogP contribution in [-0.4, -0.2) is 22.8 Å². The van der Waals surface area contributed by atoms with E-state index in [1.807, 2.05) is 36.2 Å². The molecular weight excluding hydrogens is 383 g/mol. The summed E-state index contributed by atoms with van der Waals surface area (Å²) in [6, 6.07) is 13.7. The van der Waals surface area contributed by atoms with Gasteiger partial charge in [0, 0.05) is 30.6 Å². The van der Waals surface area contributed by atoms with Crippen molar-refractivity contribution in [3.8, 4) is 0 Å². The van der Waals surface area contributed by atoms with Crippen LogP contribution in [0.2, 0.25) is 5.02 Å². The Hall–Kier alpha value is -1.98. The molecule has 0 saturated heterocycles. The van der Waals surface area contributed by atoms with E-state index >= 15 is 0 Å². The SMILES string of the molecule is CN(C(=S)NCc1ccc(F)cc1)[C@]1(c2ccccc2Cl)CCCCC1=O. The molecule has 142 valence electrons. The van der Waals surface area contributed by atoms with Crippen molar-refractivity contribution >= 4 is 34.7 Å². The number of likely N-dealkylation sites (N-methyl/N-ethyl adjacent to an activating group) is 1. The van der Waals surface area contributed by atoms with Crippen LogP contribution < -0.4 is 5.32 Å². The molecule has 1 aliphatic carbocycles. The van der Waals surface area contributed by atoms with Crippen molar-refractivity contribution in [2.75, 3.05) is 7.05 Å². The van der Waals surface area contributed by atoms with Crippen molar-refractivity contribution in [3.63, 3.8) is 0 Å². The molecule has 1 fully saturated rings. The van der Waals surface area contributed by atoms with Crippen molar-refractivity contribution < 1.29 is 9.18 Å². The van der Waals surface area contributed by atoms with Gasteiger partial charge in [-0.05, 0) is 55.2 Å². The normalized spacial score (nSPS) is 19.6. The Labute approximate surface area is 169 Å². The third kappa shape index (κ3) is 3.99. The Balaban J connectivity index is 1.85. The number of nitrogens with one attached hydrogen (secondary N) is 1. The van der Waals surface area contributed by atoms with Crippen LogP contribution >= 0.6 is 23.8 Å². The second-order valence-electron chi connectivity index (χ2n) is 6.81. The molecule has 0 unspecified atom stereocenters. The Bertz CT molecular complexity index is 842. The van der Waals surface area contributed by atoms with Gasteiger partial charge in [-0.2, -0.15) is 0 Å². The number of carbonyl (C=O) groups is 1. The molecule has 0 amide bonds. The molecule has 1 saturated carbocycles. The van der Waals surface area contributed by atoms with E-state index in [0.29, 0.717) is 29.5 Å². The summed E-state index contributed by atoms with van der Waals surface area (Å²) in [7, 11) is 1.84. The van der Waals surface area contributed by atoms with Crippen LogP contribution in [-0.2, 0) is 16.9 Å². The molecule has 1 aliphatic rings. The molecule has 1 atom stereocenters. The average molecular weight is 405 g/mol. The van der Waals surface area contributed by atoms with Crippen LogP contribution in [0.15, 0.2) is 48.5 Å². The molecule has 0 heterocycles. The van der Waals surface area contributed by atoms with Crippen LogP contribution in [0, 0.1) is 5.82 Å². The molecule has 0 aliphatic heterocycles. The first-order valence-corrected chi connectivity index (χ1v) is 9.78. The number of Topliss-reactive ketones (excluding diaryl/α,β-unsaturated/α-hetero) is 1. The maximum atomic E-state index is 13.1. The van der Waals surface area contributed by atoms with Gasteiger partial charge in [0.15, 0.2) is 10.9 Å². The predicted octanol–water partition coefficient (Wildman–Crippen LogP) is 4.82. The summed E-state index contributed by atoms with van der Waals surface area (Å²) in [4.78, 5) is 14.9. The van der Waals surface area contributed by atoms with Crippen LogP contribution in [0.3, 0.4) is 0 Å². The van der Waals surface area contributed by atoms with E-state index in [1.165, 1.54) is 12.1 Å². The Morgan fingerprint density at radius 3 is 2.59 bits per heavy atom. The first kappa shape index (κ1) is 19.8. The topological polar surface area (TPSA) is 32.3 Å². The van der Waals surface area contributed by atoms with Gasteiger partial charge < -0.3 is 10.2 Å². The minimum atomic E-state index is -0.858. The Morgan fingerprint density at radius 1 is 1.22 bits per heavy atom. The van der Waals surface area contributed by atoms with Crippen molar-refractivity contribution in [1.82, 2.24) is 10.2 Å². The van der Waals surface area contributed by atoms with Crippen LogP contribution in [0.5, 0.6) is 0 Å². The lowest BCUT2D eigenvalue weighted by Gasteiger charge is -2.45. The van der Waals surface area contributed by atoms with E-state index in [2.05, 4.69) is 5.32 Å². The number of halogens is 2. The van der Waals surface area contributed by atoms with Gasteiger partial charge in [-0.1, -0.05) is 41.9 Å². The maximum Gasteiger partial charge on any atom is 0.170 e. The summed E-state index contributed by atoms with van der Waals surface area (Å²) >= 11 is 12.1. The average Bonchev–Trinajstić information content (AvgIpc) is 2.68. The summed E-state index contributed by atoms with van der Waals surface area (Å²) in [6.07, 6.45) is 3.00. The summed E-state index contributed by atoms with van der Waals surface area (Å²) in [5.74, 6) is -0.140. The van der Waals surface area contributed by atoms with E-state index < -0.39 is 5.54 Å². The summed E-state index contributed by atoms with van der Waals surface area (Å²) in [5.41, 5.74) is 0.849. The van der Waals surface area contributed by atoms with E-state index in [9.17, 15) is 9.18 Å². The largest absolute Gasteiger partial charge is 0.358 e. The molecule has 3 nitrogen and oxygen atoms in total. The zero-order chi connectivity index (χ0) is 19.4. The molecule has 1 N–H and O–H groups in total. The third-order valence-electron chi connectivity index (χ3n) is 5.21. The first-order chi connectivity index (χ1) is 12.9. The fraction of sp³-hybridized carbons (Fsp3) is 0.333. The highest BCUT2D eigenvalue weighted by Crippen LogP contribution is 2.42. The highest BCUT2D eigenvalue weighted by molar-refractivity contribution is 7.80. The number of thiocarbonyl (C=S) groups is 1. The fourth-order valence-electron chi connectivity index (χ4n) is 3.70. The van der Waals surface area contributed by atoms with Crippen LogP contribution in [0.25, 0.3) is 0 Å². The molecule has 27 heavy (non-hydrogen) atoms. The standard InChI is InChI=1S/C21H22ClFN2OS/c1-25(20(27)24-14-15-9-11-16(23)12-10-15)21(13-5-4-8-19(21)26)17-6-2-3-7-18(17)22/h2-3,6-7,9-12H,4-5,8,13-14H2,1H3,(H,24,27)/t21-/m0/s1. The molecule has 0 aromatic heterocycles. The number of rotatable bonds is 4. The van der Waals surface area contributed by atoms with Crippen molar-refractivity contribution in [2.45, 2.75) is 37.8 Å². The van der Waals surface area contributed by atoms with Gasteiger partial charge in [-0.25, -0.2) is 4.39 Å². The minimum absolute atomic E-state index is 0.135. The van der Waals surface area contributed by atoms with Gasteiger partial charge in [-0.3, -0.25) is 4.79 Å². The van der Waals surface area contributed by atoms with E-state index in [1.54, 1.807) is 12.1 Å². The lowest BCUT2D eigenvalue weighted by molar-refractivity contribution is -0.131. The Kier molecular flexibility index (Phi) is 6.12. The summed E-state index contributed by atoms with van der Waals surface area (Å²) in [6.45, 7) is 0.455. The number of benzene rings is 2. The molecule has 2 aromatic carbocycles. The van der Waals surface area contributed by atoms with E-state index in [4.69, 9.17) is 23.8 Å². The second-order valence-corrected chi connectivity index (χ2v) is 7.61. The highest BCUT2D eigenvalue weighted by Gasteiger charge is 2.47. The zero-order valence-electron chi connectivity index (χ0n) is 15.2. The molecule has 0 spiro atoms. The predicted molar refractivity (Wildman–Crippen MR) is 110 cm³/mol. The van der Waals surface area contributed by atoms with Crippen molar-refractivity contribution in [1.29, 1.82) is 0 Å².